The Balaban J connectivity index is 1.31. The van der Waals surface area contributed by atoms with Gasteiger partial charge in [-0.3, -0.25) is 4.79 Å². The fourth-order valence-corrected chi connectivity index (χ4v) is 4.26. The predicted octanol–water partition coefficient (Wildman–Crippen LogP) is 4.68. The molecule has 0 atom stereocenters. The number of anilines is 2. The molecule has 0 saturated carbocycles. The smallest absolute Gasteiger partial charge is 0.234 e. The van der Waals surface area contributed by atoms with Crippen molar-refractivity contribution in [2.45, 2.75) is 30.8 Å². The van der Waals surface area contributed by atoms with Crippen molar-refractivity contribution in [3.63, 3.8) is 0 Å². The lowest BCUT2D eigenvalue weighted by Gasteiger charge is -2.22. The van der Waals surface area contributed by atoms with Gasteiger partial charge in [0.15, 0.2) is 5.16 Å². The van der Waals surface area contributed by atoms with E-state index in [2.05, 4.69) is 32.3 Å². The van der Waals surface area contributed by atoms with Gasteiger partial charge < -0.3 is 19.9 Å². The third-order valence-corrected chi connectivity index (χ3v) is 6.00. The number of H-pyrrole nitrogens is 1. The topological polar surface area (TPSA) is 70.2 Å². The SMILES string of the molecule is COc1ccc2nc(SCC(=O)Nc3ccc(N4CCCCCC4)cc3)[nH]c2c1. The summed E-state index contributed by atoms with van der Waals surface area (Å²) in [6, 6.07) is 13.8. The van der Waals surface area contributed by atoms with Crippen molar-refractivity contribution in [2.75, 3.05) is 36.2 Å². The van der Waals surface area contributed by atoms with Crippen LogP contribution in [0.4, 0.5) is 11.4 Å². The van der Waals surface area contributed by atoms with Crippen LogP contribution in [0.3, 0.4) is 0 Å². The third-order valence-electron chi connectivity index (χ3n) is 5.13. The molecule has 7 heteroatoms. The normalized spacial score (nSPS) is 14.6. The van der Waals surface area contributed by atoms with Crippen LogP contribution in [0.2, 0.25) is 0 Å². The number of aromatic nitrogens is 2. The van der Waals surface area contributed by atoms with E-state index in [-0.39, 0.29) is 5.91 Å². The van der Waals surface area contributed by atoms with Crippen LogP contribution in [0, 0.1) is 0 Å². The molecule has 2 N–H and O–H groups in total. The average molecular weight is 411 g/mol. The molecule has 0 radical (unpaired) electrons. The number of nitrogens with one attached hydrogen (secondary N) is 2. The van der Waals surface area contributed by atoms with Crippen molar-refractivity contribution in [1.82, 2.24) is 9.97 Å². The van der Waals surface area contributed by atoms with E-state index >= 15 is 0 Å². The van der Waals surface area contributed by atoms with Gasteiger partial charge in [-0.25, -0.2) is 4.98 Å². The molecule has 0 unspecified atom stereocenters. The van der Waals surface area contributed by atoms with Gasteiger partial charge in [-0.1, -0.05) is 24.6 Å². The molecule has 29 heavy (non-hydrogen) atoms. The maximum absolute atomic E-state index is 12.3. The van der Waals surface area contributed by atoms with Gasteiger partial charge >= 0.3 is 0 Å². The number of imidazole rings is 1. The van der Waals surface area contributed by atoms with E-state index in [1.54, 1.807) is 7.11 Å². The summed E-state index contributed by atoms with van der Waals surface area (Å²) in [7, 11) is 1.64. The lowest BCUT2D eigenvalue weighted by atomic mass is 10.2. The van der Waals surface area contributed by atoms with Crippen LogP contribution in [0.1, 0.15) is 25.7 Å². The molecule has 1 aliphatic rings. The van der Waals surface area contributed by atoms with Crippen LogP contribution in [-0.4, -0.2) is 41.8 Å². The molecule has 2 heterocycles. The second kappa shape index (κ2) is 9.22. The highest BCUT2D eigenvalue weighted by molar-refractivity contribution is 7.99. The lowest BCUT2D eigenvalue weighted by Crippen LogP contribution is -2.23. The van der Waals surface area contributed by atoms with Gasteiger partial charge in [0, 0.05) is 30.5 Å². The number of hydrogen-bond acceptors (Lipinski definition) is 5. The van der Waals surface area contributed by atoms with Crippen LogP contribution in [0.15, 0.2) is 47.6 Å². The number of amides is 1. The maximum atomic E-state index is 12.3. The van der Waals surface area contributed by atoms with Crippen molar-refractivity contribution in [3.8, 4) is 5.75 Å². The Labute approximate surface area is 175 Å². The van der Waals surface area contributed by atoms with E-state index in [9.17, 15) is 4.79 Å². The zero-order valence-electron chi connectivity index (χ0n) is 16.6. The number of rotatable bonds is 6. The highest BCUT2D eigenvalue weighted by Crippen LogP contribution is 2.24. The van der Waals surface area contributed by atoms with Gasteiger partial charge in [0.05, 0.1) is 23.9 Å². The number of ether oxygens (including phenoxy) is 1. The Kier molecular flexibility index (Phi) is 6.24. The van der Waals surface area contributed by atoms with E-state index in [1.807, 2.05) is 30.3 Å². The number of carbonyl (C=O) groups excluding carboxylic acids is 1. The second-order valence-electron chi connectivity index (χ2n) is 7.21. The summed E-state index contributed by atoms with van der Waals surface area (Å²) in [6.07, 6.45) is 5.15. The quantitative estimate of drug-likeness (QED) is 0.577. The zero-order valence-corrected chi connectivity index (χ0v) is 17.4. The predicted molar refractivity (Wildman–Crippen MR) is 119 cm³/mol. The minimum absolute atomic E-state index is 0.0458. The molecule has 4 rings (SSSR count). The first-order valence-electron chi connectivity index (χ1n) is 10.0. The standard InChI is InChI=1S/C22H26N4O2S/c1-28-18-10-11-19-20(14-18)25-22(24-19)29-15-21(27)23-16-6-8-17(9-7-16)26-12-4-2-3-5-13-26/h6-11,14H,2-5,12-13,15H2,1H3,(H,23,27)(H,24,25). The Hall–Kier alpha value is -2.67. The first-order valence-corrected chi connectivity index (χ1v) is 11.0. The number of thioether (sulfide) groups is 1. The van der Waals surface area contributed by atoms with Crippen molar-refractivity contribution in [3.05, 3.63) is 42.5 Å². The Morgan fingerprint density at radius 2 is 1.90 bits per heavy atom. The van der Waals surface area contributed by atoms with Crippen molar-refractivity contribution in [2.24, 2.45) is 0 Å². The monoisotopic (exact) mass is 410 g/mol. The molecule has 3 aromatic rings. The molecule has 1 aliphatic heterocycles. The number of nitrogens with zero attached hydrogens (tertiary/aromatic N) is 2. The van der Waals surface area contributed by atoms with Crippen LogP contribution < -0.4 is 15.0 Å². The lowest BCUT2D eigenvalue weighted by molar-refractivity contribution is -0.113. The Morgan fingerprint density at radius 3 is 2.62 bits per heavy atom. The highest BCUT2D eigenvalue weighted by Gasteiger charge is 2.11. The molecule has 1 aromatic heterocycles. The van der Waals surface area contributed by atoms with Crippen molar-refractivity contribution >= 4 is 40.1 Å². The molecular weight excluding hydrogens is 384 g/mol. The van der Waals surface area contributed by atoms with Crippen LogP contribution in [0.5, 0.6) is 5.75 Å². The summed E-state index contributed by atoms with van der Waals surface area (Å²) in [6.45, 7) is 2.23. The zero-order chi connectivity index (χ0) is 20.1. The number of benzene rings is 2. The van der Waals surface area contributed by atoms with Gasteiger partial charge in [-0.15, -0.1) is 0 Å². The van der Waals surface area contributed by atoms with E-state index in [1.165, 1.54) is 43.1 Å². The molecule has 6 nitrogen and oxygen atoms in total. The van der Waals surface area contributed by atoms with Gasteiger partial charge in [-0.2, -0.15) is 0 Å². The van der Waals surface area contributed by atoms with E-state index in [0.29, 0.717) is 5.75 Å². The summed E-state index contributed by atoms with van der Waals surface area (Å²) >= 11 is 1.39. The van der Waals surface area contributed by atoms with Crippen LogP contribution in [-0.2, 0) is 4.79 Å². The minimum atomic E-state index is -0.0458. The van der Waals surface area contributed by atoms with E-state index < -0.39 is 0 Å². The third kappa shape index (κ3) is 5.03. The highest BCUT2D eigenvalue weighted by atomic mass is 32.2. The number of aromatic amines is 1. The fraction of sp³-hybridized carbons (Fsp3) is 0.364. The molecule has 0 spiro atoms. The van der Waals surface area contributed by atoms with Gasteiger partial charge in [0.25, 0.3) is 0 Å². The number of methoxy groups -OCH3 is 1. The molecule has 152 valence electrons. The fourth-order valence-electron chi connectivity index (χ4n) is 3.58. The second-order valence-corrected chi connectivity index (χ2v) is 8.17. The molecule has 1 fully saturated rings. The van der Waals surface area contributed by atoms with Crippen LogP contribution in [0.25, 0.3) is 11.0 Å². The maximum Gasteiger partial charge on any atom is 0.234 e. The van der Waals surface area contributed by atoms with Crippen molar-refractivity contribution < 1.29 is 9.53 Å². The Morgan fingerprint density at radius 1 is 1.14 bits per heavy atom. The van der Waals surface area contributed by atoms with Gasteiger partial charge in [-0.05, 0) is 49.2 Å². The average Bonchev–Trinajstić information content (AvgIpc) is 2.95. The summed E-state index contributed by atoms with van der Waals surface area (Å²) in [5.41, 5.74) is 3.81. The first kappa shape index (κ1) is 19.6. The summed E-state index contributed by atoms with van der Waals surface area (Å²) < 4.78 is 5.23. The first-order chi connectivity index (χ1) is 14.2. The minimum Gasteiger partial charge on any atom is -0.497 e. The molecule has 1 amide bonds. The summed E-state index contributed by atoms with van der Waals surface area (Å²) in [5, 5.41) is 3.69. The number of carbonyl (C=O) groups is 1. The summed E-state index contributed by atoms with van der Waals surface area (Å²) in [4.78, 5) is 22.5. The number of hydrogen-bond donors (Lipinski definition) is 2. The largest absolute Gasteiger partial charge is 0.497 e. The molecular formula is C22H26N4O2S. The van der Waals surface area contributed by atoms with Gasteiger partial charge in [0.1, 0.15) is 5.75 Å². The van der Waals surface area contributed by atoms with Crippen LogP contribution >= 0.6 is 11.8 Å². The molecule has 0 bridgehead atoms. The molecule has 1 saturated heterocycles. The molecule has 0 aliphatic carbocycles. The van der Waals surface area contributed by atoms with Crippen molar-refractivity contribution in [1.29, 1.82) is 0 Å². The van der Waals surface area contributed by atoms with E-state index in [4.69, 9.17) is 4.74 Å². The van der Waals surface area contributed by atoms with E-state index in [0.717, 1.165) is 40.7 Å². The summed E-state index contributed by atoms with van der Waals surface area (Å²) in [5.74, 6) is 1.03. The van der Waals surface area contributed by atoms with Gasteiger partial charge in [0.2, 0.25) is 5.91 Å². The number of fused-ring (bicyclic) bond motifs is 1. The molecule has 2 aromatic carbocycles. The Bertz CT molecular complexity index is 963.